The van der Waals surface area contributed by atoms with E-state index in [1.807, 2.05) is 4.72 Å². The van der Waals surface area contributed by atoms with E-state index in [1.54, 1.807) is 24.3 Å². The van der Waals surface area contributed by atoms with Crippen molar-refractivity contribution in [3.8, 4) is 0 Å². The Morgan fingerprint density at radius 2 is 2.11 bits per heavy atom. The van der Waals surface area contributed by atoms with Crippen LogP contribution in [0.1, 0.15) is 5.56 Å². The maximum absolute atomic E-state index is 11.4. The Morgan fingerprint density at radius 3 is 2.61 bits per heavy atom. The standard InChI is InChI=1S/C10H13ClN2O3S.ClH/c1-17(15,16)13-10(14)9(12)6-7-3-2-4-8(11)5-7;/h2-5,9H,6,12H2,1H3,(H,13,14);1H. The van der Waals surface area contributed by atoms with Crippen LogP contribution < -0.4 is 10.5 Å². The van der Waals surface area contributed by atoms with Gasteiger partial charge in [0.05, 0.1) is 12.3 Å². The number of nitrogens with two attached hydrogens (primary N) is 1. The summed E-state index contributed by atoms with van der Waals surface area (Å²) in [5.74, 6) is -0.729. The third-order valence-corrected chi connectivity index (χ3v) is 2.77. The van der Waals surface area contributed by atoms with Crippen molar-refractivity contribution in [3.05, 3.63) is 34.9 Å². The molecule has 0 aliphatic heterocycles. The minimum atomic E-state index is -3.57. The number of benzene rings is 1. The summed E-state index contributed by atoms with van der Waals surface area (Å²) in [5, 5.41) is 0.540. The highest BCUT2D eigenvalue weighted by atomic mass is 35.5. The molecule has 18 heavy (non-hydrogen) atoms. The zero-order chi connectivity index (χ0) is 13.1. The van der Waals surface area contributed by atoms with Gasteiger partial charge in [-0.2, -0.15) is 0 Å². The lowest BCUT2D eigenvalue weighted by molar-refractivity contribution is -0.120. The number of amides is 1. The van der Waals surface area contributed by atoms with Crippen molar-refractivity contribution >= 4 is 39.9 Å². The normalized spacial score (nSPS) is 12.4. The minimum absolute atomic E-state index is 0. The third-order valence-electron chi connectivity index (χ3n) is 1.97. The van der Waals surface area contributed by atoms with Gasteiger partial charge in [0.1, 0.15) is 0 Å². The largest absolute Gasteiger partial charge is 0.320 e. The molecule has 1 aromatic rings. The summed E-state index contributed by atoms with van der Waals surface area (Å²) in [6.07, 6.45) is 1.12. The molecule has 3 N–H and O–H groups in total. The van der Waals surface area contributed by atoms with Crippen molar-refractivity contribution in [1.29, 1.82) is 0 Å². The summed E-state index contributed by atoms with van der Waals surface area (Å²) in [6.45, 7) is 0. The van der Waals surface area contributed by atoms with E-state index in [0.29, 0.717) is 5.02 Å². The number of sulfonamides is 1. The molecule has 0 saturated heterocycles. The molecule has 0 fully saturated rings. The number of rotatable bonds is 4. The number of carbonyl (C=O) groups excluding carboxylic acids is 1. The first-order chi connectivity index (χ1) is 7.78. The molecule has 0 heterocycles. The monoisotopic (exact) mass is 312 g/mol. The van der Waals surface area contributed by atoms with Crippen LogP contribution >= 0.6 is 24.0 Å². The fraction of sp³-hybridized carbons (Fsp3) is 0.300. The fourth-order valence-corrected chi connectivity index (χ4v) is 2.00. The van der Waals surface area contributed by atoms with Crippen molar-refractivity contribution in [3.63, 3.8) is 0 Å². The van der Waals surface area contributed by atoms with Crippen molar-refractivity contribution in [1.82, 2.24) is 4.72 Å². The predicted molar refractivity (Wildman–Crippen MR) is 73.4 cm³/mol. The molecule has 0 spiro atoms. The molecule has 1 amide bonds. The molecular weight excluding hydrogens is 299 g/mol. The summed E-state index contributed by atoms with van der Waals surface area (Å²) in [4.78, 5) is 11.4. The van der Waals surface area contributed by atoms with Crippen LogP contribution in [0.5, 0.6) is 0 Å². The lowest BCUT2D eigenvalue weighted by atomic mass is 10.1. The lowest BCUT2D eigenvalue weighted by Crippen LogP contribution is -2.44. The zero-order valence-corrected chi connectivity index (χ0v) is 12.0. The van der Waals surface area contributed by atoms with E-state index in [1.165, 1.54) is 0 Å². The lowest BCUT2D eigenvalue weighted by Gasteiger charge is -2.11. The molecule has 1 rings (SSSR count). The highest BCUT2D eigenvalue weighted by molar-refractivity contribution is 7.89. The average Bonchev–Trinajstić information content (AvgIpc) is 2.14. The molecule has 0 aromatic heterocycles. The number of hydrogen-bond acceptors (Lipinski definition) is 4. The Kier molecular flexibility index (Phi) is 6.62. The Labute approximate surface area is 117 Å². The summed E-state index contributed by atoms with van der Waals surface area (Å²) < 4.78 is 23.5. The molecule has 1 atom stereocenters. The van der Waals surface area contributed by atoms with Gasteiger partial charge in [0.25, 0.3) is 5.91 Å². The zero-order valence-electron chi connectivity index (χ0n) is 9.59. The third kappa shape index (κ3) is 6.20. The van der Waals surface area contributed by atoms with Crippen molar-refractivity contribution in [2.75, 3.05) is 6.26 Å². The maximum atomic E-state index is 11.4. The quantitative estimate of drug-likeness (QED) is 0.856. The van der Waals surface area contributed by atoms with E-state index >= 15 is 0 Å². The average molecular weight is 313 g/mol. The first-order valence-electron chi connectivity index (χ1n) is 4.79. The van der Waals surface area contributed by atoms with E-state index in [9.17, 15) is 13.2 Å². The predicted octanol–water partition coefficient (Wildman–Crippen LogP) is 0.707. The molecule has 102 valence electrons. The maximum Gasteiger partial charge on any atom is 0.250 e. The van der Waals surface area contributed by atoms with Crippen LogP contribution in [0.4, 0.5) is 0 Å². The van der Waals surface area contributed by atoms with Crippen LogP contribution in [0.15, 0.2) is 24.3 Å². The van der Waals surface area contributed by atoms with E-state index in [0.717, 1.165) is 11.8 Å². The van der Waals surface area contributed by atoms with Crippen LogP contribution in [0.2, 0.25) is 5.02 Å². The molecule has 1 unspecified atom stereocenters. The Hall–Kier alpha value is -0.820. The Balaban J connectivity index is 0.00000289. The second-order valence-corrected chi connectivity index (χ2v) is 5.86. The highest BCUT2D eigenvalue weighted by Crippen LogP contribution is 2.11. The number of halogens is 2. The smallest absolute Gasteiger partial charge is 0.250 e. The van der Waals surface area contributed by atoms with Crippen molar-refractivity contribution in [2.24, 2.45) is 5.73 Å². The van der Waals surface area contributed by atoms with E-state index in [-0.39, 0.29) is 18.8 Å². The van der Waals surface area contributed by atoms with Gasteiger partial charge >= 0.3 is 0 Å². The molecule has 0 saturated carbocycles. The van der Waals surface area contributed by atoms with Crippen molar-refractivity contribution < 1.29 is 13.2 Å². The molecule has 1 aromatic carbocycles. The van der Waals surface area contributed by atoms with Gasteiger partial charge in [0, 0.05) is 5.02 Å². The van der Waals surface area contributed by atoms with E-state index < -0.39 is 22.0 Å². The molecular formula is C10H14Cl2N2O3S. The van der Waals surface area contributed by atoms with Crippen LogP contribution in [-0.4, -0.2) is 26.6 Å². The van der Waals surface area contributed by atoms with Gasteiger partial charge in [-0.1, -0.05) is 23.7 Å². The first-order valence-corrected chi connectivity index (χ1v) is 7.06. The molecule has 5 nitrogen and oxygen atoms in total. The molecule has 0 aliphatic rings. The van der Waals surface area contributed by atoms with Crippen molar-refractivity contribution in [2.45, 2.75) is 12.5 Å². The van der Waals surface area contributed by atoms with Gasteiger partial charge in [-0.05, 0) is 24.1 Å². The summed E-state index contributed by atoms with van der Waals surface area (Å²) in [5.41, 5.74) is 6.36. The molecule has 0 bridgehead atoms. The molecule has 8 heteroatoms. The summed E-state index contributed by atoms with van der Waals surface area (Å²) in [6, 6.07) is 5.95. The van der Waals surface area contributed by atoms with Crippen LogP contribution in [0.25, 0.3) is 0 Å². The molecule has 0 radical (unpaired) electrons. The van der Waals surface area contributed by atoms with Crippen LogP contribution in [-0.2, 0) is 21.2 Å². The highest BCUT2D eigenvalue weighted by Gasteiger charge is 2.17. The van der Waals surface area contributed by atoms with E-state index in [4.69, 9.17) is 17.3 Å². The second kappa shape index (κ2) is 6.94. The number of nitrogens with one attached hydrogen (secondary N) is 1. The molecule has 0 aliphatic carbocycles. The summed E-state index contributed by atoms with van der Waals surface area (Å²) in [7, 11) is -3.57. The van der Waals surface area contributed by atoms with Gasteiger partial charge in [-0.25, -0.2) is 8.42 Å². The number of carbonyl (C=O) groups is 1. The van der Waals surface area contributed by atoms with Gasteiger partial charge < -0.3 is 5.73 Å². The first kappa shape index (κ1) is 17.2. The van der Waals surface area contributed by atoms with Crippen LogP contribution in [0, 0.1) is 0 Å². The van der Waals surface area contributed by atoms with E-state index in [2.05, 4.69) is 0 Å². The van der Waals surface area contributed by atoms with Crippen LogP contribution in [0.3, 0.4) is 0 Å². The van der Waals surface area contributed by atoms with Gasteiger partial charge in [-0.3, -0.25) is 9.52 Å². The SMILES string of the molecule is CS(=O)(=O)NC(=O)C(N)Cc1cccc(Cl)c1.Cl. The Bertz CT molecular complexity index is 520. The fourth-order valence-electron chi connectivity index (χ4n) is 1.27. The topological polar surface area (TPSA) is 89.3 Å². The number of hydrogen-bond donors (Lipinski definition) is 2. The summed E-state index contributed by atoms with van der Waals surface area (Å²) >= 11 is 5.78. The second-order valence-electron chi connectivity index (χ2n) is 3.68. The van der Waals surface area contributed by atoms with Gasteiger partial charge in [0.2, 0.25) is 10.0 Å². The van der Waals surface area contributed by atoms with Gasteiger partial charge in [-0.15, -0.1) is 12.4 Å². The Morgan fingerprint density at radius 1 is 1.50 bits per heavy atom. The van der Waals surface area contributed by atoms with Gasteiger partial charge in [0.15, 0.2) is 0 Å². The minimum Gasteiger partial charge on any atom is -0.320 e.